The standard InChI is InChI=1S/C29H26Cl2N2O4/c1-4-6-20-13-19(14-22(17-32)29(34)33-24-9-11-25(12-10-24)36-5-2)15-27(35-3)28(20)37-18-21-7-8-23(30)16-26(21)31/h4,7-16H,1,5-6,18H2,2-3H3,(H,33,34)/b22-14+. The summed E-state index contributed by atoms with van der Waals surface area (Å²) in [5.74, 6) is 1.12. The third-order valence-electron chi connectivity index (χ3n) is 5.22. The van der Waals surface area contributed by atoms with Crippen LogP contribution in [0.25, 0.3) is 6.08 Å². The lowest BCUT2D eigenvalue weighted by Gasteiger charge is -2.16. The van der Waals surface area contributed by atoms with Crippen molar-refractivity contribution < 1.29 is 19.0 Å². The number of carbonyl (C=O) groups is 1. The topological polar surface area (TPSA) is 80.6 Å². The van der Waals surface area contributed by atoms with Gasteiger partial charge in [-0.2, -0.15) is 5.26 Å². The maximum Gasteiger partial charge on any atom is 0.266 e. The molecule has 37 heavy (non-hydrogen) atoms. The van der Waals surface area contributed by atoms with Crippen molar-refractivity contribution in [2.45, 2.75) is 20.0 Å². The van der Waals surface area contributed by atoms with Crippen LogP contribution in [0.2, 0.25) is 10.0 Å². The minimum absolute atomic E-state index is 0.0675. The van der Waals surface area contributed by atoms with Crippen molar-refractivity contribution in [2.24, 2.45) is 0 Å². The second-order valence-electron chi connectivity index (χ2n) is 7.81. The minimum Gasteiger partial charge on any atom is -0.494 e. The Morgan fingerprint density at radius 3 is 2.46 bits per heavy atom. The fourth-order valence-corrected chi connectivity index (χ4v) is 3.96. The second-order valence-corrected chi connectivity index (χ2v) is 8.65. The largest absolute Gasteiger partial charge is 0.494 e. The predicted molar refractivity (Wildman–Crippen MR) is 148 cm³/mol. The van der Waals surface area contributed by atoms with Gasteiger partial charge < -0.3 is 19.5 Å². The number of carbonyl (C=O) groups excluding carboxylic acids is 1. The zero-order chi connectivity index (χ0) is 26.8. The van der Waals surface area contributed by atoms with E-state index in [4.69, 9.17) is 37.4 Å². The summed E-state index contributed by atoms with van der Waals surface area (Å²) in [4.78, 5) is 12.8. The Labute approximate surface area is 226 Å². The summed E-state index contributed by atoms with van der Waals surface area (Å²) < 4.78 is 17.1. The molecule has 0 fully saturated rings. The summed E-state index contributed by atoms with van der Waals surface area (Å²) in [5, 5.41) is 13.4. The summed E-state index contributed by atoms with van der Waals surface area (Å²) >= 11 is 12.3. The molecular formula is C29H26Cl2N2O4. The van der Waals surface area contributed by atoms with Gasteiger partial charge in [-0.15, -0.1) is 6.58 Å². The first-order chi connectivity index (χ1) is 17.9. The van der Waals surface area contributed by atoms with E-state index in [0.29, 0.717) is 51.6 Å². The fraction of sp³-hybridized carbons (Fsp3) is 0.172. The summed E-state index contributed by atoms with van der Waals surface area (Å²) in [7, 11) is 1.52. The van der Waals surface area contributed by atoms with Crippen molar-refractivity contribution in [3.8, 4) is 23.3 Å². The Bertz CT molecular complexity index is 1350. The van der Waals surface area contributed by atoms with Crippen LogP contribution in [0.1, 0.15) is 23.6 Å². The maximum absolute atomic E-state index is 12.8. The average Bonchev–Trinajstić information content (AvgIpc) is 2.88. The number of nitriles is 1. The van der Waals surface area contributed by atoms with Crippen molar-refractivity contribution >= 4 is 40.9 Å². The number of nitrogens with one attached hydrogen (secondary N) is 1. The first-order valence-corrected chi connectivity index (χ1v) is 12.2. The molecule has 0 radical (unpaired) electrons. The number of anilines is 1. The van der Waals surface area contributed by atoms with E-state index in [1.807, 2.05) is 19.1 Å². The second kappa shape index (κ2) is 13.4. The fourth-order valence-electron chi connectivity index (χ4n) is 3.49. The molecule has 0 bridgehead atoms. The molecule has 6 nitrogen and oxygen atoms in total. The Balaban J connectivity index is 1.86. The number of benzene rings is 3. The van der Waals surface area contributed by atoms with E-state index in [9.17, 15) is 10.1 Å². The number of halogens is 2. The predicted octanol–water partition coefficient (Wildman–Crippen LogP) is 7.25. The van der Waals surface area contributed by atoms with E-state index in [-0.39, 0.29) is 12.2 Å². The van der Waals surface area contributed by atoms with E-state index in [0.717, 1.165) is 11.1 Å². The van der Waals surface area contributed by atoms with Crippen molar-refractivity contribution in [2.75, 3.05) is 19.0 Å². The molecule has 0 spiro atoms. The smallest absolute Gasteiger partial charge is 0.266 e. The van der Waals surface area contributed by atoms with Gasteiger partial charge in [-0.05, 0) is 73.5 Å². The molecule has 3 rings (SSSR count). The van der Waals surface area contributed by atoms with E-state index in [2.05, 4.69) is 11.9 Å². The number of hydrogen-bond donors (Lipinski definition) is 1. The van der Waals surface area contributed by atoms with Gasteiger partial charge in [0.2, 0.25) is 0 Å². The van der Waals surface area contributed by atoms with Gasteiger partial charge in [-0.25, -0.2) is 0 Å². The SMILES string of the molecule is C=CCc1cc(/C=C(\C#N)C(=O)Nc2ccc(OCC)cc2)cc(OC)c1OCc1ccc(Cl)cc1Cl. The number of rotatable bonds is 11. The molecule has 0 aliphatic carbocycles. The highest BCUT2D eigenvalue weighted by Gasteiger charge is 2.16. The van der Waals surface area contributed by atoms with Gasteiger partial charge in [0, 0.05) is 26.9 Å². The third kappa shape index (κ3) is 7.53. The van der Waals surface area contributed by atoms with Crippen LogP contribution >= 0.6 is 23.2 Å². The van der Waals surface area contributed by atoms with Gasteiger partial charge >= 0.3 is 0 Å². The number of ether oxygens (including phenoxy) is 3. The monoisotopic (exact) mass is 536 g/mol. The highest BCUT2D eigenvalue weighted by molar-refractivity contribution is 6.35. The molecule has 1 amide bonds. The van der Waals surface area contributed by atoms with Crippen molar-refractivity contribution in [1.29, 1.82) is 5.26 Å². The third-order valence-corrected chi connectivity index (χ3v) is 5.81. The molecule has 0 heterocycles. The summed E-state index contributed by atoms with van der Waals surface area (Å²) in [6, 6.07) is 17.6. The van der Waals surface area contributed by atoms with Gasteiger partial charge in [0.25, 0.3) is 5.91 Å². The van der Waals surface area contributed by atoms with Crippen LogP contribution in [0.5, 0.6) is 17.2 Å². The number of nitrogens with zero attached hydrogens (tertiary/aromatic N) is 1. The van der Waals surface area contributed by atoms with Crippen LogP contribution in [-0.2, 0) is 17.8 Å². The molecule has 0 aromatic heterocycles. The van der Waals surface area contributed by atoms with Crippen molar-refractivity contribution in [3.05, 3.63) is 99.6 Å². The van der Waals surface area contributed by atoms with Crippen LogP contribution in [0.15, 0.2) is 72.8 Å². The molecule has 8 heteroatoms. The molecular weight excluding hydrogens is 511 g/mol. The maximum atomic E-state index is 12.8. The molecule has 0 aliphatic heterocycles. The average molecular weight is 537 g/mol. The summed E-state index contributed by atoms with van der Waals surface area (Å²) in [5.41, 5.74) is 2.62. The van der Waals surface area contributed by atoms with E-state index in [1.54, 1.807) is 54.6 Å². The zero-order valence-corrected chi connectivity index (χ0v) is 22.0. The molecule has 3 aromatic rings. The molecule has 190 valence electrons. The van der Waals surface area contributed by atoms with Crippen LogP contribution in [0, 0.1) is 11.3 Å². The number of amides is 1. The summed E-state index contributed by atoms with van der Waals surface area (Å²) in [6.45, 7) is 6.45. The zero-order valence-electron chi connectivity index (χ0n) is 20.5. The molecule has 0 saturated heterocycles. The Kier molecular flexibility index (Phi) is 10.0. The lowest BCUT2D eigenvalue weighted by Crippen LogP contribution is -2.13. The van der Waals surface area contributed by atoms with Gasteiger partial charge in [-0.3, -0.25) is 4.79 Å². The Hall–Kier alpha value is -3.92. The van der Waals surface area contributed by atoms with Gasteiger partial charge in [0.15, 0.2) is 11.5 Å². The molecule has 0 aliphatic rings. The number of hydrogen-bond acceptors (Lipinski definition) is 5. The molecule has 1 N–H and O–H groups in total. The summed E-state index contributed by atoms with van der Waals surface area (Å²) in [6.07, 6.45) is 3.70. The van der Waals surface area contributed by atoms with Crippen LogP contribution < -0.4 is 19.5 Å². The molecule has 0 unspecified atom stereocenters. The van der Waals surface area contributed by atoms with Crippen molar-refractivity contribution in [1.82, 2.24) is 0 Å². The number of methoxy groups -OCH3 is 1. The van der Waals surface area contributed by atoms with Crippen LogP contribution in [0.4, 0.5) is 5.69 Å². The first kappa shape index (κ1) is 27.7. The van der Waals surface area contributed by atoms with Crippen LogP contribution in [0.3, 0.4) is 0 Å². The van der Waals surface area contributed by atoms with Gasteiger partial charge in [-0.1, -0.05) is 35.3 Å². The Morgan fingerprint density at radius 1 is 1.08 bits per heavy atom. The van der Waals surface area contributed by atoms with Crippen molar-refractivity contribution in [3.63, 3.8) is 0 Å². The Morgan fingerprint density at radius 2 is 1.84 bits per heavy atom. The lowest BCUT2D eigenvalue weighted by atomic mass is 10.0. The molecule has 3 aromatic carbocycles. The van der Waals surface area contributed by atoms with E-state index in [1.165, 1.54) is 13.2 Å². The lowest BCUT2D eigenvalue weighted by molar-refractivity contribution is -0.112. The quantitative estimate of drug-likeness (QED) is 0.158. The highest BCUT2D eigenvalue weighted by Crippen LogP contribution is 2.35. The number of allylic oxidation sites excluding steroid dienone is 1. The normalized spacial score (nSPS) is 10.8. The molecule has 0 atom stereocenters. The minimum atomic E-state index is -0.534. The van der Waals surface area contributed by atoms with Gasteiger partial charge in [0.05, 0.1) is 13.7 Å². The van der Waals surface area contributed by atoms with Crippen LogP contribution in [-0.4, -0.2) is 19.6 Å². The molecule has 0 saturated carbocycles. The van der Waals surface area contributed by atoms with E-state index < -0.39 is 5.91 Å². The van der Waals surface area contributed by atoms with Gasteiger partial charge in [0.1, 0.15) is 24.0 Å². The highest BCUT2D eigenvalue weighted by atomic mass is 35.5. The first-order valence-electron chi connectivity index (χ1n) is 11.4. The van der Waals surface area contributed by atoms with E-state index >= 15 is 0 Å².